The second-order valence-corrected chi connectivity index (χ2v) is 7.84. The summed E-state index contributed by atoms with van der Waals surface area (Å²) < 4.78 is 8.10. The molecule has 1 N–H and O–H groups in total. The first-order valence-corrected chi connectivity index (χ1v) is 10.7. The first kappa shape index (κ1) is 21.6. The third kappa shape index (κ3) is 5.30. The second-order valence-electron chi connectivity index (χ2n) is 6.90. The number of aromatic nitrogens is 3. The van der Waals surface area contributed by atoms with E-state index in [4.69, 9.17) is 4.74 Å². The van der Waals surface area contributed by atoms with Crippen molar-refractivity contribution in [3.8, 4) is 5.75 Å². The topological polar surface area (TPSA) is 69.0 Å². The van der Waals surface area contributed by atoms with Gasteiger partial charge >= 0.3 is 0 Å². The number of ether oxygens (including phenoxy) is 1. The quantitative estimate of drug-likeness (QED) is 0.390. The van der Waals surface area contributed by atoms with E-state index in [1.54, 1.807) is 6.08 Å². The summed E-state index contributed by atoms with van der Waals surface area (Å²) in [5.74, 6) is 1.66. The molecular weight excluding hydrogens is 396 g/mol. The fraction of sp³-hybridized carbons (Fsp3) is 0.261. The van der Waals surface area contributed by atoms with Crippen LogP contribution in [-0.2, 0) is 11.3 Å². The summed E-state index contributed by atoms with van der Waals surface area (Å²) in [5, 5.41) is 12.1. The average molecular weight is 423 g/mol. The highest BCUT2D eigenvalue weighted by atomic mass is 32.2. The van der Waals surface area contributed by atoms with Gasteiger partial charge in [-0.1, -0.05) is 48.2 Å². The number of carbonyl (C=O) groups excluding carboxylic acids is 1. The predicted molar refractivity (Wildman–Crippen MR) is 121 cm³/mol. The van der Waals surface area contributed by atoms with Crippen molar-refractivity contribution in [2.45, 2.75) is 38.6 Å². The van der Waals surface area contributed by atoms with Crippen LogP contribution in [-0.4, -0.2) is 26.4 Å². The molecule has 30 heavy (non-hydrogen) atoms. The van der Waals surface area contributed by atoms with Crippen molar-refractivity contribution < 1.29 is 9.53 Å². The smallest absolute Gasteiger partial charge is 0.234 e. The van der Waals surface area contributed by atoms with Crippen LogP contribution in [0.5, 0.6) is 5.75 Å². The van der Waals surface area contributed by atoms with Gasteiger partial charge in [-0.05, 0) is 50.1 Å². The van der Waals surface area contributed by atoms with Gasteiger partial charge in [0.2, 0.25) is 5.91 Å². The molecule has 1 aromatic heterocycles. The molecule has 0 spiro atoms. The molecule has 7 heteroatoms. The molecule has 0 radical (unpaired) electrons. The molecule has 1 atom stereocenters. The lowest BCUT2D eigenvalue weighted by atomic mass is 10.1. The van der Waals surface area contributed by atoms with Crippen molar-refractivity contribution in [1.29, 1.82) is 0 Å². The van der Waals surface area contributed by atoms with Crippen molar-refractivity contribution >= 4 is 23.4 Å². The summed E-state index contributed by atoms with van der Waals surface area (Å²) in [5.41, 5.74) is 3.05. The Morgan fingerprint density at radius 2 is 1.97 bits per heavy atom. The third-order valence-electron chi connectivity index (χ3n) is 4.67. The molecule has 1 unspecified atom stereocenters. The van der Waals surface area contributed by atoms with Gasteiger partial charge in [0.05, 0.1) is 5.75 Å². The summed E-state index contributed by atoms with van der Waals surface area (Å²) in [6.45, 7) is 10.4. The van der Waals surface area contributed by atoms with Crippen molar-refractivity contribution in [2.24, 2.45) is 0 Å². The number of anilines is 1. The summed E-state index contributed by atoms with van der Waals surface area (Å²) >= 11 is 1.34. The molecule has 0 aliphatic rings. The van der Waals surface area contributed by atoms with Gasteiger partial charge in [-0.25, -0.2) is 0 Å². The lowest BCUT2D eigenvalue weighted by Gasteiger charge is -2.18. The lowest BCUT2D eigenvalue weighted by molar-refractivity contribution is -0.113. The van der Waals surface area contributed by atoms with Crippen LogP contribution in [0.4, 0.5) is 5.69 Å². The van der Waals surface area contributed by atoms with E-state index in [0.29, 0.717) is 17.5 Å². The van der Waals surface area contributed by atoms with Crippen molar-refractivity contribution in [2.75, 3.05) is 11.1 Å². The van der Waals surface area contributed by atoms with Crippen LogP contribution < -0.4 is 10.1 Å². The van der Waals surface area contributed by atoms with Crippen LogP contribution in [0.2, 0.25) is 0 Å². The first-order valence-electron chi connectivity index (χ1n) is 9.74. The number of thioether (sulfide) groups is 1. The number of hydrogen-bond acceptors (Lipinski definition) is 5. The number of amides is 1. The number of nitrogens with one attached hydrogen (secondary N) is 1. The summed E-state index contributed by atoms with van der Waals surface area (Å²) in [6.07, 6.45) is 1.48. The monoisotopic (exact) mass is 422 g/mol. The third-order valence-corrected chi connectivity index (χ3v) is 5.64. The molecule has 0 saturated heterocycles. The Hall–Kier alpha value is -3.06. The van der Waals surface area contributed by atoms with E-state index >= 15 is 0 Å². The SMILES string of the molecule is C=CCn1c(SCC(=O)Nc2ccccc2)nnc1C(C)Oc1cccc(C)c1C. The van der Waals surface area contributed by atoms with Crippen LogP contribution >= 0.6 is 11.8 Å². The van der Waals surface area contributed by atoms with Crippen LogP contribution in [0.15, 0.2) is 66.3 Å². The van der Waals surface area contributed by atoms with Gasteiger partial charge in [0.25, 0.3) is 0 Å². The minimum absolute atomic E-state index is 0.0967. The number of para-hydroxylation sites is 1. The Bertz CT molecular complexity index is 1020. The van der Waals surface area contributed by atoms with Crippen molar-refractivity contribution in [1.82, 2.24) is 14.8 Å². The molecule has 0 aliphatic carbocycles. The molecule has 1 heterocycles. The molecule has 3 aromatic rings. The zero-order valence-electron chi connectivity index (χ0n) is 17.5. The fourth-order valence-corrected chi connectivity index (χ4v) is 3.71. The maximum atomic E-state index is 12.3. The minimum atomic E-state index is -0.301. The van der Waals surface area contributed by atoms with E-state index in [0.717, 1.165) is 17.0 Å². The van der Waals surface area contributed by atoms with Crippen molar-refractivity contribution in [3.05, 3.63) is 78.1 Å². The molecule has 0 saturated carbocycles. The largest absolute Gasteiger partial charge is 0.482 e. The van der Waals surface area contributed by atoms with Gasteiger partial charge in [0, 0.05) is 12.2 Å². The Balaban J connectivity index is 1.70. The number of allylic oxidation sites excluding steroid dienone is 1. The molecule has 2 aromatic carbocycles. The molecule has 0 fully saturated rings. The zero-order valence-corrected chi connectivity index (χ0v) is 18.3. The number of carbonyl (C=O) groups is 1. The van der Waals surface area contributed by atoms with Gasteiger partial charge in [0.1, 0.15) is 5.75 Å². The molecule has 6 nitrogen and oxygen atoms in total. The summed E-state index contributed by atoms with van der Waals surface area (Å²) in [7, 11) is 0. The van der Waals surface area contributed by atoms with E-state index in [1.807, 2.05) is 60.9 Å². The molecule has 0 bridgehead atoms. The number of hydrogen-bond donors (Lipinski definition) is 1. The Morgan fingerprint density at radius 3 is 2.70 bits per heavy atom. The average Bonchev–Trinajstić information content (AvgIpc) is 3.14. The fourth-order valence-electron chi connectivity index (χ4n) is 2.95. The van der Waals surface area contributed by atoms with Gasteiger partial charge in [-0.15, -0.1) is 16.8 Å². The molecular formula is C23H26N4O2S. The Morgan fingerprint density at radius 1 is 1.20 bits per heavy atom. The predicted octanol–water partition coefficient (Wildman–Crippen LogP) is 4.95. The lowest BCUT2D eigenvalue weighted by Crippen LogP contribution is -2.15. The van der Waals surface area contributed by atoms with E-state index in [-0.39, 0.29) is 17.8 Å². The molecule has 1 amide bonds. The van der Waals surface area contributed by atoms with Crippen LogP contribution in [0, 0.1) is 13.8 Å². The summed E-state index contributed by atoms with van der Waals surface area (Å²) in [6, 6.07) is 15.4. The van der Waals surface area contributed by atoms with E-state index in [1.165, 1.54) is 17.3 Å². The van der Waals surface area contributed by atoms with Crippen LogP contribution in [0.1, 0.15) is 30.0 Å². The maximum absolute atomic E-state index is 12.3. The maximum Gasteiger partial charge on any atom is 0.234 e. The van der Waals surface area contributed by atoms with Gasteiger partial charge < -0.3 is 10.1 Å². The Labute approximate surface area is 181 Å². The van der Waals surface area contributed by atoms with Gasteiger partial charge in [-0.2, -0.15) is 0 Å². The number of benzene rings is 2. The number of rotatable bonds is 9. The van der Waals surface area contributed by atoms with Crippen LogP contribution in [0.25, 0.3) is 0 Å². The second kappa shape index (κ2) is 10.1. The standard InChI is InChI=1S/C23H26N4O2S/c1-5-14-27-22(18(4)29-20-13-9-10-16(2)17(20)3)25-26-23(27)30-15-21(28)24-19-11-7-6-8-12-19/h5-13,18H,1,14-15H2,2-4H3,(H,24,28). The Kier molecular flexibility index (Phi) is 7.30. The summed E-state index contributed by atoms with van der Waals surface area (Å²) in [4.78, 5) is 12.3. The number of aryl methyl sites for hydroxylation is 1. The van der Waals surface area contributed by atoms with E-state index in [9.17, 15) is 4.79 Å². The molecule has 0 aliphatic heterocycles. The van der Waals surface area contributed by atoms with Gasteiger partial charge in [-0.3, -0.25) is 9.36 Å². The van der Waals surface area contributed by atoms with Crippen LogP contribution in [0.3, 0.4) is 0 Å². The normalized spacial score (nSPS) is 11.7. The highest BCUT2D eigenvalue weighted by Gasteiger charge is 2.20. The molecule has 156 valence electrons. The minimum Gasteiger partial charge on any atom is -0.482 e. The van der Waals surface area contributed by atoms with E-state index < -0.39 is 0 Å². The van der Waals surface area contributed by atoms with E-state index in [2.05, 4.69) is 35.1 Å². The molecule has 3 rings (SSSR count). The van der Waals surface area contributed by atoms with Crippen molar-refractivity contribution in [3.63, 3.8) is 0 Å². The first-order chi connectivity index (χ1) is 14.5. The van der Waals surface area contributed by atoms with Gasteiger partial charge in [0.15, 0.2) is 17.1 Å². The zero-order chi connectivity index (χ0) is 21.5. The number of nitrogens with zero attached hydrogens (tertiary/aromatic N) is 3. The highest BCUT2D eigenvalue weighted by molar-refractivity contribution is 7.99. The highest BCUT2D eigenvalue weighted by Crippen LogP contribution is 2.28.